The van der Waals surface area contributed by atoms with Crippen LogP contribution in [0, 0.1) is 10.1 Å². The van der Waals surface area contributed by atoms with Crippen molar-refractivity contribution in [3.8, 4) is 0 Å². The van der Waals surface area contributed by atoms with Gasteiger partial charge >= 0.3 is 0 Å². The number of non-ortho nitro benzene ring substituents is 1. The van der Waals surface area contributed by atoms with Crippen LogP contribution in [-0.2, 0) is 11.2 Å². The molecule has 0 fully saturated rings. The van der Waals surface area contributed by atoms with Crippen molar-refractivity contribution in [2.75, 3.05) is 11.4 Å². The summed E-state index contributed by atoms with van der Waals surface area (Å²) in [4.78, 5) is 24.9. The molecule has 0 aliphatic rings. The second kappa shape index (κ2) is 9.68. The highest BCUT2D eigenvalue weighted by Crippen LogP contribution is 2.18. The number of benzene rings is 2. The smallest absolute Gasteiger partial charge is 0.269 e. The molecule has 1 atom stereocenters. The van der Waals surface area contributed by atoms with Gasteiger partial charge in [-0.05, 0) is 30.5 Å². The summed E-state index contributed by atoms with van der Waals surface area (Å²) in [7, 11) is 0. The van der Waals surface area contributed by atoms with Gasteiger partial charge in [0, 0.05) is 24.4 Å². The summed E-state index contributed by atoms with van der Waals surface area (Å²) in [6.45, 7) is 2.75. The van der Waals surface area contributed by atoms with E-state index in [0.29, 0.717) is 13.0 Å². The monoisotopic (exact) mass is 355 g/mol. The van der Waals surface area contributed by atoms with Crippen LogP contribution in [0.4, 0.5) is 11.4 Å². The van der Waals surface area contributed by atoms with Crippen molar-refractivity contribution in [2.24, 2.45) is 5.73 Å². The van der Waals surface area contributed by atoms with Crippen LogP contribution in [0.2, 0.25) is 0 Å². The number of nitrogens with zero attached hydrogens (tertiary/aromatic N) is 2. The average Bonchev–Trinajstić information content (AvgIpc) is 2.66. The molecule has 0 saturated heterocycles. The molecular weight excluding hydrogens is 330 g/mol. The molecule has 0 saturated carbocycles. The minimum Gasteiger partial charge on any atom is -0.320 e. The predicted molar refractivity (Wildman–Crippen MR) is 103 cm³/mol. The van der Waals surface area contributed by atoms with E-state index >= 15 is 0 Å². The Morgan fingerprint density at radius 3 is 2.35 bits per heavy atom. The molecule has 0 aromatic heterocycles. The third kappa shape index (κ3) is 5.39. The van der Waals surface area contributed by atoms with Crippen molar-refractivity contribution < 1.29 is 9.72 Å². The van der Waals surface area contributed by atoms with E-state index in [1.165, 1.54) is 12.1 Å². The number of nitrogens with two attached hydrogens (primary N) is 1. The maximum Gasteiger partial charge on any atom is 0.269 e. The van der Waals surface area contributed by atoms with Crippen molar-refractivity contribution in [1.29, 1.82) is 0 Å². The van der Waals surface area contributed by atoms with Crippen LogP contribution in [0.3, 0.4) is 0 Å². The lowest BCUT2D eigenvalue weighted by Crippen LogP contribution is -2.45. The maximum atomic E-state index is 12.9. The number of amides is 1. The molecule has 26 heavy (non-hydrogen) atoms. The molecule has 6 heteroatoms. The van der Waals surface area contributed by atoms with Gasteiger partial charge in [0.2, 0.25) is 5.91 Å². The van der Waals surface area contributed by atoms with Gasteiger partial charge in [-0.2, -0.15) is 0 Å². The van der Waals surface area contributed by atoms with Gasteiger partial charge in [0.25, 0.3) is 5.69 Å². The zero-order valence-corrected chi connectivity index (χ0v) is 15.0. The molecule has 0 aliphatic carbocycles. The second-order valence-electron chi connectivity index (χ2n) is 6.27. The van der Waals surface area contributed by atoms with Crippen LogP contribution in [0.15, 0.2) is 54.6 Å². The van der Waals surface area contributed by atoms with Crippen molar-refractivity contribution in [3.05, 3.63) is 70.3 Å². The van der Waals surface area contributed by atoms with Crippen LogP contribution < -0.4 is 10.6 Å². The van der Waals surface area contributed by atoms with Crippen LogP contribution in [-0.4, -0.2) is 23.4 Å². The molecule has 0 heterocycles. The predicted octanol–water partition coefficient (Wildman–Crippen LogP) is 3.69. The second-order valence-corrected chi connectivity index (χ2v) is 6.27. The number of nitro benzene ring substituents is 1. The third-order valence-corrected chi connectivity index (χ3v) is 4.24. The molecule has 2 aromatic carbocycles. The zero-order chi connectivity index (χ0) is 18.9. The van der Waals surface area contributed by atoms with E-state index in [4.69, 9.17) is 5.73 Å². The Kier molecular flexibility index (Phi) is 7.29. The quantitative estimate of drug-likeness (QED) is 0.422. The number of rotatable bonds is 9. The topological polar surface area (TPSA) is 89.5 Å². The largest absolute Gasteiger partial charge is 0.320 e. The van der Waals surface area contributed by atoms with E-state index in [0.717, 1.165) is 30.5 Å². The lowest BCUT2D eigenvalue weighted by atomic mass is 10.0. The SMILES string of the molecule is CCCCCN(C(=O)[C@@H](N)Cc1ccc([N+](=O)[O-])cc1)c1ccccc1. The van der Waals surface area contributed by atoms with E-state index in [1.807, 2.05) is 30.3 Å². The molecular formula is C20H25N3O3. The first-order chi connectivity index (χ1) is 12.5. The fourth-order valence-corrected chi connectivity index (χ4v) is 2.79. The van der Waals surface area contributed by atoms with Gasteiger partial charge in [0.05, 0.1) is 11.0 Å². The first-order valence-corrected chi connectivity index (χ1v) is 8.88. The molecule has 2 N–H and O–H groups in total. The van der Waals surface area contributed by atoms with E-state index in [2.05, 4.69) is 6.92 Å². The molecule has 0 spiro atoms. The molecule has 138 valence electrons. The lowest BCUT2D eigenvalue weighted by molar-refractivity contribution is -0.384. The third-order valence-electron chi connectivity index (χ3n) is 4.24. The van der Waals surface area contributed by atoms with Crippen molar-refractivity contribution in [1.82, 2.24) is 0 Å². The summed E-state index contributed by atoms with van der Waals surface area (Å²) in [6.07, 6.45) is 3.38. The molecule has 2 rings (SSSR count). The summed E-state index contributed by atoms with van der Waals surface area (Å²) in [6, 6.07) is 15.0. The molecule has 0 aliphatic heterocycles. The van der Waals surface area contributed by atoms with Gasteiger partial charge < -0.3 is 10.6 Å². The Morgan fingerprint density at radius 1 is 1.12 bits per heavy atom. The Labute approximate surface area is 153 Å². The van der Waals surface area contributed by atoms with E-state index in [9.17, 15) is 14.9 Å². The Morgan fingerprint density at radius 2 is 1.77 bits per heavy atom. The normalized spacial score (nSPS) is 11.8. The summed E-state index contributed by atoms with van der Waals surface area (Å²) in [5.41, 5.74) is 7.84. The number of carbonyl (C=O) groups excluding carboxylic acids is 1. The molecule has 0 bridgehead atoms. The van der Waals surface area contributed by atoms with Crippen LogP contribution in [0.25, 0.3) is 0 Å². The maximum absolute atomic E-state index is 12.9. The number of hydrogen-bond acceptors (Lipinski definition) is 4. The van der Waals surface area contributed by atoms with Crippen molar-refractivity contribution in [3.63, 3.8) is 0 Å². The lowest BCUT2D eigenvalue weighted by Gasteiger charge is -2.26. The van der Waals surface area contributed by atoms with E-state index in [-0.39, 0.29) is 11.6 Å². The zero-order valence-electron chi connectivity index (χ0n) is 15.0. The summed E-state index contributed by atoms with van der Waals surface area (Å²) in [5.74, 6) is -0.134. The number of hydrogen-bond donors (Lipinski definition) is 1. The van der Waals surface area contributed by atoms with E-state index in [1.54, 1.807) is 17.0 Å². The number of unbranched alkanes of at least 4 members (excludes halogenated alkanes) is 2. The molecule has 0 unspecified atom stereocenters. The summed E-state index contributed by atoms with van der Waals surface area (Å²) < 4.78 is 0. The fraction of sp³-hybridized carbons (Fsp3) is 0.350. The minimum atomic E-state index is -0.696. The number of anilines is 1. The van der Waals surface area contributed by atoms with Gasteiger partial charge in [-0.15, -0.1) is 0 Å². The van der Waals surface area contributed by atoms with Gasteiger partial charge in [-0.3, -0.25) is 14.9 Å². The van der Waals surface area contributed by atoms with Crippen LogP contribution in [0.5, 0.6) is 0 Å². The van der Waals surface area contributed by atoms with Crippen molar-refractivity contribution in [2.45, 2.75) is 38.6 Å². The first kappa shape index (κ1) is 19.6. The Balaban J connectivity index is 2.09. The number of nitro groups is 1. The fourth-order valence-electron chi connectivity index (χ4n) is 2.79. The summed E-state index contributed by atoms with van der Waals surface area (Å²) >= 11 is 0. The van der Waals surface area contributed by atoms with Crippen LogP contribution >= 0.6 is 0 Å². The summed E-state index contributed by atoms with van der Waals surface area (Å²) in [5, 5.41) is 10.7. The van der Waals surface area contributed by atoms with Crippen molar-refractivity contribution >= 4 is 17.3 Å². The van der Waals surface area contributed by atoms with E-state index < -0.39 is 11.0 Å². The Bertz CT molecular complexity index is 717. The number of carbonyl (C=O) groups is 1. The first-order valence-electron chi connectivity index (χ1n) is 8.88. The molecule has 0 radical (unpaired) electrons. The van der Waals surface area contributed by atoms with Gasteiger partial charge in [0.15, 0.2) is 0 Å². The molecule has 2 aromatic rings. The molecule has 6 nitrogen and oxygen atoms in total. The highest BCUT2D eigenvalue weighted by atomic mass is 16.6. The minimum absolute atomic E-state index is 0.0270. The standard InChI is InChI=1S/C20H25N3O3/c1-2-3-7-14-22(17-8-5-4-6-9-17)20(24)19(21)15-16-10-12-18(13-11-16)23(25)26/h4-6,8-13,19H,2-3,7,14-15,21H2,1H3/t19-/m0/s1. The molecule has 1 amide bonds. The Hall–Kier alpha value is -2.73. The average molecular weight is 355 g/mol. The van der Waals surface area contributed by atoms with Gasteiger partial charge in [-0.1, -0.05) is 50.1 Å². The van der Waals surface area contributed by atoms with Gasteiger partial charge in [0.1, 0.15) is 0 Å². The van der Waals surface area contributed by atoms with Gasteiger partial charge in [-0.25, -0.2) is 0 Å². The highest BCUT2D eigenvalue weighted by Gasteiger charge is 2.22. The number of para-hydroxylation sites is 1. The highest BCUT2D eigenvalue weighted by molar-refractivity contribution is 5.97. The van der Waals surface area contributed by atoms with Crippen LogP contribution in [0.1, 0.15) is 31.7 Å².